The van der Waals surface area contributed by atoms with Crippen molar-refractivity contribution in [1.29, 1.82) is 0 Å². The molecule has 3 rings (SSSR count). The summed E-state index contributed by atoms with van der Waals surface area (Å²) in [7, 11) is 0. The molecule has 2 aliphatic carbocycles. The summed E-state index contributed by atoms with van der Waals surface area (Å²) in [6, 6.07) is 0. The summed E-state index contributed by atoms with van der Waals surface area (Å²) < 4.78 is 0. The summed E-state index contributed by atoms with van der Waals surface area (Å²) >= 11 is 0. The second-order valence-electron chi connectivity index (χ2n) is 13.9. The third-order valence-corrected chi connectivity index (χ3v) is 9.70. The highest BCUT2D eigenvalue weighted by Gasteiger charge is 2.57. The van der Waals surface area contributed by atoms with Crippen LogP contribution in [0.5, 0.6) is 17.2 Å². The summed E-state index contributed by atoms with van der Waals surface area (Å²) in [5.74, 6) is -17.6. The van der Waals surface area contributed by atoms with E-state index in [1.54, 1.807) is 20.8 Å². The van der Waals surface area contributed by atoms with Gasteiger partial charge in [-0.2, -0.15) is 0 Å². The number of ketones is 9. The summed E-state index contributed by atoms with van der Waals surface area (Å²) in [5, 5.41) is 34.1. The van der Waals surface area contributed by atoms with Gasteiger partial charge in [0.2, 0.25) is 0 Å². The minimum atomic E-state index is -1.79. The average Bonchev–Trinajstić information content (AvgIpc) is 2.99. The first-order valence-corrected chi connectivity index (χ1v) is 16.4. The number of hydrogen-bond donors (Lipinski definition) is 3. The van der Waals surface area contributed by atoms with Gasteiger partial charge < -0.3 is 15.3 Å². The average molecular weight is 669 g/mol. The third kappa shape index (κ3) is 6.28. The molecular formula is C36H44O12. The maximum absolute atomic E-state index is 13.6. The second-order valence-corrected chi connectivity index (χ2v) is 13.9. The van der Waals surface area contributed by atoms with Gasteiger partial charge in [0.05, 0.1) is 22.7 Å². The fourth-order valence-corrected chi connectivity index (χ4v) is 6.76. The van der Waals surface area contributed by atoms with Crippen molar-refractivity contribution in [3.8, 4) is 17.2 Å². The molecule has 0 spiro atoms. The molecule has 1 aromatic carbocycles. The van der Waals surface area contributed by atoms with Gasteiger partial charge in [0.15, 0.2) is 52.0 Å². The zero-order valence-corrected chi connectivity index (χ0v) is 28.5. The van der Waals surface area contributed by atoms with E-state index >= 15 is 0 Å². The SMILES string of the molecule is CCCC(=O)c1c(O)c(CC2C(=O)C(C(=O)CCC)C(=O)C(C)(C)C2=O)c(O)c(CC2C(=O)C(C(=O)CCC)C(=O)C(C)(C)C2=O)c1O. The monoisotopic (exact) mass is 668 g/mol. The molecular weight excluding hydrogens is 624 g/mol. The van der Waals surface area contributed by atoms with Crippen molar-refractivity contribution >= 4 is 52.0 Å². The van der Waals surface area contributed by atoms with E-state index in [4.69, 9.17) is 0 Å². The van der Waals surface area contributed by atoms with Crippen LogP contribution in [0.4, 0.5) is 0 Å². The number of carbonyl (C=O) groups excluding carboxylic acids is 9. The number of benzene rings is 1. The molecule has 1 aromatic rings. The van der Waals surface area contributed by atoms with Crippen LogP contribution in [0.25, 0.3) is 0 Å². The van der Waals surface area contributed by atoms with E-state index < -0.39 is 133 Å². The predicted molar refractivity (Wildman–Crippen MR) is 169 cm³/mol. The van der Waals surface area contributed by atoms with Crippen molar-refractivity contribution < 1.29 is 58.5 Å². The molecule has 48 heavy (non-hydrogen) atoms. The van der Waals surface area contributed by atoms with Crippen LogP contribution in [0.15, 0.2) is 0 Å². The molecule has 0 heterocycles. The number of hydrogen-bond acceptors (Lipinski definition) is 12. The van der Waals surface area contributed by atoms with Gasteiger partial charge in [-0.1, -0.05) is 20.8 Å². The molecule has 2 aliphatic rings. The van der Waals surface area contributed by atoms with Crippen molar-refractivity contribution in [2.24, 2.45) is 34.5 Å². The maximum Gasteiger partial charge on any atom is 0.170 e. The van der Waals surface area contributed by atoms with Gasteiger partial charge in [-0.15, -0.1) is 0 Å². The minimum Gasteiger partial charge on any atom is -0.507 e. The zero-order valence-electron chi connectivity index (χ0n) is 28.5. The van der Waals surface area contributed by atoms with Crippen molar-refractivity contribution in [2.45, 2.75) is 99.8 Å². The van der Waals surface area contributed by atoms with Gasteiger partial charge in [-0.25, -0.2) is 0 Å². The molecule has 12 heteroatoms. The number of rotatable bonds is 13. The number of phenols is 3. The molecule has 2 fully saturated rings. The Balaban J connectivity index is 2.25. The van der Waals surface area contributed by atoms with E-state index in [0.717, 1.165) is 0 Å². The van der Waals surface area contributed by atoms with Crippen molar-refractivity contribution in [3.63, 3.8) is 0 Å². The normalized spacial score (nSPS) is 23.8. The maximum atomic E-state index is 13.6. The first kappa shape index (κ1) is 38.1. The lowest BCUT2D eigenvalue weighted by Crippen LogP contribution is -2.56. The molecule has 260 valence electrons. The first-order chi connectivity index (χ1) is 22.2. The zero-order chi connectivity index (χ0) is 36.6. The van der Waals surface area contributed by atoms with E-state index in [-0.39, 0.29) is 25.7 Å². The highest BCUT2D eigenvalue weighted by atomic mass is 16.3. The lowest BCUT2D eigenvalue weighted by Gasteiger charge is -2.36. The number of carbonyl (C=O) groups is 9. The van der Waals surface area contributed by atoms with Gasteiger partial charge >= 0.3 is 0 Å². The Kier molecular flexibility index (Phi) is 11.1. The highest BCUT2D eigenvalue weighted by Crippen LogP contribution is 2.48. The summed E-state index contributed by atoms with van der Waals surface area (Å²) in [6.45, 7) is 10.1. The summed E-state index contributed by atoms with van der Waals surface area (Å²) in [6.07, 6.45) is -1.07. The van der Waals surface area contributed by atoms with E-state index in [9.17, 15) is 58.5 Å². The van der Waals surface area contributed by atoms with Gasteiger partial charge in [0.1, 0.15) is 34.6 Å². The Morgan fingerprint density at radius 2 is 0.875 bits per heavy atom. The van der Waals surface area contributed by atoms with Crippen LogP contribution >= 0.6 is 0 Å². The minimum absolute atomic E-state index is 0.112. The van der Waals surface area contributed by atoms with E-state index in [1.807, 2.05) is 0 Å². The smallest absolute Gasteiger partial charge is 0.170 e. The molecule has 0 amide bonds. The topological polar surface area (TPSA) is 214 Å². The van der Waals surface area contributed by atoms with Crippen LogP contribution in [0.1, 0.15) is 108 Å². The van der Waals surface area contributed by atoms with Gasteiger partial charge in [0, 0.05) is 30.4 Å². The van der Waals surface area contributed by atoms with E-state index in [1.165, 1.54) is 27.7 Å². The molecule has 0 saturated heterocycles. The number of aromatic hydroxyl groups is 3. The Morgan fingerprint density at radius 3 is 1.19 bits per heavy atom. The fraction of sp³-hybridized carbons (Fsp3) is 0.583. The second kappa shape index (κ2) is 14.0. The van der Waals surface area contributed by atoms with E-state index in [0.29, 0.717) is 12.8 Å². The van der Waals surface area contributed by atoms with E-state index in [2.05, 4.69) is 0 Å². The number of phenolic OH excluding ortho intramolecular Hbond substituents is 3. The molecule has 4 atom stereocenters. The third-order valence-electron chi connectivity index (χ3n) is 9.70. The largest absolute Gasteiger partial charge is 0.507 e. The predicted octanol–water partition coefficient (Wildman–Crippen LogP) is 3.57. The van der Waals surface area contributed by atoms with Crippen LogP contribution in [0.3, 0.4) is 0 Å². The summed E-state index contributed by atoms with van der Waals surface area (Å²) in [4.78, 5) is 120. The lowest BCUT2D eigenvalue weighted by molar-refractivity contribution is -0.159. The Hall–Kier alpha value is -4.35. The van der Waals surface area contributed by atoms with Gasteiger partial charge in [-0.3, -0.25) is 43.2 Å². The fourth-order valence-electron chi connectivity index (χ4n) is 6.76. The highest BCUT2D eigenvalue weighted by molar-refractivity contribution is 6.34. The van der Waals surface area contributed by atoms with Crippen LogP contribution in [0.2, 0.25) is 0 Å². The molecule has 12 nitrogen and oxygen atoms in total. The van der Waals surface area contributed by atoms with Gasteiger partial charge in [0.25, 0.3) is 0 Å². The molecule has 3 N–H and O–H groups in total. The Bertz CT molecular complexity index is 1520. The molecule has 0 aromatic heterocycles. The molecule has 4 unspecified atom stereocenters. The standard InChI is InChI=1S/C36H44O12/c1-8-11-20(37)23-27(41)16(14-18-29(43)24(21(38)12-9-2)33(47)35(4,5)31(18)45)26(40)17(28(23)42)15-19-30(44)25(22(39)13-10-3)34(48)36(6,7)32(19)46/h18-19,24-25,40-42H,8-15H2,1-7H3. The lowest BCUT2D eigenvalue weighted by atomic mass is 9.61. The van der Waals surface area contributed by atoms with Crippen LogP contribution in [-0.2, 0) is 51.2 Å². The van der Waals surface area contributed by atoms with Crippen molar-refractivity contribution in [2.75, 3.05) is 0 Å². The molecule has 0 radical (unpaired) electrons. The Morgan fingerprint density at radius 1 is 0.542 bits per heavy atom. The Labute approximate surface area is 278 Å². The first-order valence-electron chi connectivity index (χ1n) is 16.4. The van der Waals surface area contributed by atoms with Crippen LogP contribution < -0.4 is 0 Å². The summed E-state index contributed by atoms with van der Waals surface area (Å²) in [5.41, 5.74) is -5.38. The van der Waals surface area contributed by atoms with Crippen LogP contribution in [-0.4, -0.2) is 67.4 Å². The molecule has 2 saturated carbocycles. The number of Topliss-reactive ketones (excluding diaryl/α,β-unsaturated/α-hetero) is 9. The van der Waals surface area contributed by atoms with Gasteiger partial charge in [-0.05, 0) is 59.8 Å². The van der Waals surface area contributed by atoms with Crippen LogP contribution in [0, 0.1) is 34.5 Å². The van der Waals surface area contributed by atoms with Crippen molar-refractivity contribution in [1.82, 2.24) is 0 Å². The molecule has 0 aliphatic heterocycles. The van der Waals surface area contributed by atoms with Crippen molar-refractivity contribution in [3.05, 3.63) is 16.7 Å². The quantitative estimate of drug-likeness (QED) is 0.203. The molecule has 0 bridgehead atoms.